The molecule has 1 amide bonds. The highest BCUT2D eigenvalue weighted by molar-refractivity contribution is 9.11. The quantitative estimate of drug-likeness (QED) is 0.214. The zero-order valence-corrected chi connectivity index (χ0v) is 22.3. The molecule has 0 unspecified atom stereocenters. The smallest absolute Gasteiger partial charge is 0.302 e. The van der Waals surface area contributed by atoms with Crippen LogP contribution in [0.4, 0.5) is 5.69 Å². The first-order valence-electron chi connectivity index (χ1n) is 9.59. The zero-order chi connectivity index (χ0) is 23.5. The van der Waals surface area contributed by atoms with Crippen molar-refractivity contribution in [2.24, 2.45) is 10.2 Å². The lowest BCUT2D eigenvalue weighted by molar-refractivity contribution is -0.120. The SMILES string of the molecule is O=C(COc1ccc(Br)cc1Br)N=Nc1c(O)n(Cc2ccc(Cl)cc2)c2ccc(Br)cc12. The molecule has 3 aromatic carbocycles. The molecule has 168 valence electrons. The van der Waals surface area contributed by atoms with E-state index in [9.17, 15) is 9.90 Å². The molecule has 0 aliphatic rings. The van der Waals surface area contributed by atoms with E-state index in [1.165, 1.54) is 0 Å². The minimum absolute atomic E-state index is 0.0915. The van der Waals surface area contributed by atoms with Crippen LogP contribution in [0.3, 0.4) is 0 Å². The van der Waals surface area contributed by atoms with Crippen molar-refractivity contribution in [2.45, 2.75) is 6.54 Å². The number of rotatable bonds is 6. The fourth-order valence-electron chi connectivity index (χ4n) is 3.19. The van der Waals surface area contributed by atoms with Crippen LogP contribution >= 0.6 is 59.4 Å². The first kappa shape index (κ1) is 23.9. The maximum atomic E-state index is 12.3. The van der Waals surface area contributed by atoms with Gasteiger partial charge in [0.2, 0.25) is 5.88 Å². The molecule has 10 heteroatoms. The summed E-state index contributed by atoms with van der Waals surface area (Å²) in [4.78, 5) is 12.3. The van der Waals surface area contributed by atoms with Gasteiger partial charge in [0.25, 0.3) is 0 Å². The number of ether oxygens (including phenoxy) is 1. The van der Waals surface area contributed by atoms with Gasteiger partial charge in [0.05, 0.1) is 16.5 Å². The van der Waals surface area contributed by atoms with E-state index in [0.717, 1.165) is 20.0 Å². The molecule has 0 radical (unpaired) electrons. The summed E-state index contributed by atoms with van der Waals surface area (Å²) in [7, 11) is 0. The first-order chi connectivity index (χ1) is 15.8. The Hall–Kier alpha value is -2.20. The minimum Gasteiger partial charge on any atom is -0.493 e. The highest BCUT2D eigenvalue weighted by Crippen LogP contribution is 2.40. The van der Waals surface area contributed by atoms with Gasteiger partial charge in [-0.3, -0.25) is 4.79 Å². The third-order valence-corrected chi connectivity index (χ3v) is 6.59. The molecule has 0 atom stereocenters. The van der Waals surface area contributed by atoms with Crippen molar-refractivity contribution >= 4 is 81.9 Å². The van der Waals surface area contributed by atoms with E-state index >= 15 is 0 Å². The first-order valence-corrected chi connectivity index (χ1v) is 12.3. The van der Waals surface area contributed by atoms with E-state index in [0.29, 0.717) is 27.2 Å². The lowest BCUT2D eigenvalue weighted by atomic mass is 10.2. The van der Waals surface area contributed by atoms with Gasteiger partial charge in [0.1, 0.15) is 5.75 Å². The zero-order valence-electron chi connectivity index (χ0n) is 16.8. The summed E-state index contributed by atoms with van der Waals surface area (Å²) in [5.74, 6) is -0.169. The maximum Gasteiger partial charge on any atom is 0.302 e. The number of nitrogens with zero attached hydrogens (tertiary/aromatic N) is 3. The molecule has 0 bridgehead atoms. The van der Waals surface area contributed by atoms with Crippen molar-refractivity contribution in [1.29, 1.82) is 0 Å². The summed E-state index contributed by atoms with van der Waals surface area (Å²) in [6.45, 7) is 0.100. The van der Waals surface area contributed by atoms with Gasteiger partial charge in [-0.2, -0.15) is 0 Å². The molecule has 33 heavy (non-hydrogen) atoms. The summed E-state index contributed by atoms with van der Waals surface area (Å²) in [6, 6.07) is 18.3. The molecule has 1 N–H and O–H groups in total. The molecule has 0 fully saturated rings. The number of aromatic nitrogens is 1. The molecule has 1 aromatic heterocycles. The van der Waals surface area contributed by atoms with Gasteiger partial charge in [-0.25, -0.2) is 0 Å². The molecule has 6 nitrogen and oxygen atoms in total. The Bertz CT molecular complexity index is 1370. The third-order valence-electron chi connectivity index (χ3n) is 4.73. The molecule has 0 aliphatic heterocycles. The average Bonchev–Trinajstić information content (AvgIpc) is 3.03. The van der Waals surface area contributed by atoms with Crippen LogP contribution in [-0.4, -0.2) is 22.2 Å². The Balaban J connectivity index is 1.59. The monoisotopic (exact) mass is 653 g/mol. The van der Waals surface area contributed by atoms with Gasteiger partial charge in [-0.15, -0.1) is 10.2 Å². The number of halogens is 4. The van der Waals surface area contributed by atoms with Crippen LogP contribution in [0.25, 0.3) is 10.9 Å². The van der Waals surface area contributed by atoms with Crippen LogP contribution in [0.2, 0.25) is 5.02 Å². The highest BCUT2D eigenvalue weighted by Gasteiger charge is 2.18. The second kappa shape index (κ2) is 10.4. The third kappa shape index (κ3) is 5.66. The van der Waals surface area contributed by atoms with Crippen LogP contribution in [0.5, 0.6) is 11.6 Å². The second-order valence-corrected chi connectivity index (χ2v) is 10.1. The van der Waals surface area contributed by atoms with Gasteiger partial charge in [0.15, 0.2) is 12.3 Å². The lowest BCUT2D eigenvalue weighted by Gasteiger charge is -2.07. The summed E-state index contributed by atoms with van der Waals surface area (Å²) >= 11 is 16.2. The molecular formula is C23H15Br3ClN3O3. The van der Waals surface area contributed by atoms with Crippen LogP contribution in [-0.2, 0) is 11.3 Å². The number of azo groups is 1. The summed E-state index contributed by atoms with van der Waals surface area (Å²) in [5, 5.41) is 20.0. The van der Waals surface area contributed by atoms with Crippen molar-refractivity contribution in [3.05, 3.63) is 84.7 Å². The number of hydrogen-bond acceptors (Lipinski definition) is 4. The number of hydrogen-bond donors (Lipinski definition) is 1. The fourth-order valence-corrected chi connectivity index (χ4v) is 4.84. The molecule has 4 aromatic rings. The number of benzene rings is 3. The second-order valence-electron chi connectivity index (χ2n) is 7.00. The van der Waals surface area contributed by atoms with Crippen LogP contribution in [0.1, 0.15) is 5.56 Å². The predicted molar refractivity (Wildman–Crippen MR) is 139 cm³/mol. The van der Waals surface area contributed by atoms with Crippen molar-refractivity contribution in [3.8, 4) is 11.6 Å². The van der Waals surface area contributed by atoms with Crippen molar-refractivity contribution in [2.75, 3.05) is 6.61 Å². The minimum atomic E-state index is -0.585. The summed E-state index contributed by atoms with van der Waals surface area (Å²) < 4.78 is 9.62. The predicted octanol–water partition coefficient (Wildman–Crippen LogP) is 8.03. The lowest BCUT2D eigenvalue weighted by Crippen LogP contribution is -2.08. The van der Waals surface area contributed by atoms with Crippen molar-refractivity contribution in [1.82, 2.24) is 4.57 Å². The summed E-state index contributed by atoms with van der Waals surface area (Å²) in [6.07, 6.45) is 0. The van der Waals surface area contributed by atoms with Gasteiger partial charge in [-0.1, -0.05) is 55.6 Å². The van der Waals surface area contributed by atoms with Gasteiger partial charge >= 0.3 is 5.91 Å². The van der Waals surface area contributed by atoms with Gasteiger partial charge in [-0.05, 0) is 70.0 Å². The van der Waals surface area contributed by atoms with Crippen molar-refractivity contribution < 1.29 is 14.6 Å². The van der Waals surface area contributed by atoms with Gasteiger partial charge < -0.3 is 14.4 Å². The molecule has 0 saturated heterocycles. The molecule has 1 heterocycles. The fraction of sp³-hybridized carbons (Fsp3) is 0.0870. The highest BCUT2D eigenvalue weighted by atomic mass is 79.9. The number of carbonyl (C=O) groups is 1. The Kier molecular flexibility index (Phi) is 7.53. The Morgan fingerprint density at radius 2 is 1.70 bits per heavy atom. The number of amides is 1. The largest absolute Gasteiger partial charge is 0.493 e. The van der Waals surface area contributed by atoms with E-state index < -0.39 is 5.91 Å². The Morgan fingerprint density at radius 3 is 2.42 bits per heavy atom. The molecule has 4 rings (SSSR count). The van der Waals surface area contributed by atoms with E-state index in [1.807, 2.05) is 36.4 Å². The van der Waals surface area contributed by atoms with E-state index in [4.69, 9.17) is 16.3 Å². The standard InChI is InChI=1S/C23H15Br3ClN3O3/c24-14-3-7-19-17(9-14)22(23(32)30(19)11-13-1-5-16(27)6-2-13)29-28-21(31)12-33-20-8-4-15(25)10-18(20)26/h1-10,32H,11-12H2. The molecular weight excluding hydrogens is 641 g/mol. The average molecular weight is 657 g/mol. The van der Waals surface area contributed by atoms with Crippen LogP contribution < -0.4 is 4.74 Å². The normalized spacial score (nSPS) is 11.4. The van der Waals surface area contributed by atoms with Gasteiger partial charge in [0, 0.05) is 19.4 Å². The van der Waals surface area contributed by atoms with Crippen LogP contribution in [0.15, 0.2) is 84.3 Å². The summed E-state index contributed by atoms with van der Waals surface area (Å²) in [5.41, 5.74) is 1.91. The van der Waals surface area contributed by atoms with E-state index in [-0.39, 0.29) is 18.2 Å². The molecule has 0 saturated carbocycles. The van der Waals surface area contributed by atoms with E-state index in [1.54, 1.807) is 28.8 Å². The number of fused-ring (bicyclic) bond motifs is 1. The Labute approximate surface area is 219 Å². The van der Waals surface area contributed by atoms with Crippen LogP contribution in [0, 0.1) is 0 Å². The Morgan fingerprint density at radius 1 is 1.00 bits per heavy atom. The number of aromatic hydroxyl groups is 1. The topological polar surface area (TPSA) is 76.2 Å². The maximum absolute atomic E-state index is 12.3. The van der Waals surface area contributed by atoms with E-state index in [2.05, 4.69) is 58.0 Å². The van der Waals surface area contributed by atoms with Crippen molar-refractivity contribution in [3.63, 3.8) is 0 Å². The molecule has 0 aliphatic carbocycles. The molecule has 0 spiro atoms. The number of carbonyl (C=O) groups excluding carboxylic acids is 1.